The number of carbonyl (C=O) groups excluding carboxylic acids is 1. The maximum absolute atomic E-state index is 12.7. The summed E-state index contributed by atoms with van der Waals surface area (Å²) in [6.07, 6.45) is 7.15. The summed E-state index contributed by atoms with van der Waals surface area (Å²) >= 11 is 7.79. The summed E-state index contributed by atoms with van der Waals surface area (Å²) in [6.45, 7) is 2.09. The van der Waals surface area contributed by atoms with E-state index in [1.807, 2.05) is 53.2 Å². The molecule has 0 bridgehead atoms. The van der Waals surface area contributed by atoms with E-state index in [0.717, 1.165) is 12.0 Å². The third kappa shape index (κ3) is 6.95. The second kappa shape index (κ2) is 12.0. The fraction of sp³-hybridized carbons (Fsp3) is 0.320. The van der Waals surface area contributed by atoms with Gasteiger partial charge in [-0.25, -0.2) is 9.78 Å². The molecule has 0 aliphatic heterocycles. The Morgan fingerprint density at radius 1 is 1.21 bits per heavy atom. The molecular weight excluding hydrogens is 502 g/mol. The number of hydrogen-bond donors (Lipinski definition) is 3. The second-order valence-electron chi connectivity index (χ2n) is 8.15. The van der Waals surface area contributed by atoms with Gasteiger partial charge in [0.2, 0.25) is 5.91 Å². The monoisotopic (exact) mass is 529 g/mol. The van der Waals surface area contributed by atoms with Crippen molar-refractivity contribution in [3.05, 3.63) is 88.4 Å². The quantitative estimate of drug-likeness (QED) is 0.305. The zero-order valence-electron chi connectivity index (χ0n) is 18.4. The smallest absolute Gasteiger partial charge is 0.336 e. The molecule has 0 fully saturated rings. The Bertz CT molecular complexity index is 1060. The van der Waals surface area contributed by atoms with Crippen LogP contribution in [-0.2, 0) is 11.2 Å². The molecule has 6 nitrogen and oxygen atoms in total. The molecule has 8 heteroatoms. The van der Waals surface area contributed by atoms with Gasteiger partial charge in [0.15, 0.2) is 0 Å². The van der Waals surface area contributed by atoms with Crippen molar-refractivity contribution in [2.24, 2.45) is 5.92 Å². The van der Waals surface area contributed by atoms with Gasteiger partial charge in [0, 0.05) is 35.1 Å². The Labute approximate surface area is 208 Å². The number of aromatic carboxylic acids is 1. The summed E-state index contributed by atoms with van der Waals surface area (Å²) in [7, 11) is 0. The molecule has 2 unspecified atom stereocenters. The van der Waals surface area contributed by atoms with Crippen LogP contribution in [0, 0.1) is 5.92 Å². The molecule has 0 spiro atoms. The van der Waals surface area contributed by atoms with Crippen molar-refractivity contribution >= 4 is 40.4 Å². The van der Waals surface area contributed by atoms with Crippen molar-refractivity contribution in [1.29, 1.82) is 0 Å². The van der Waals surface area contributed by atoms with Crippen LogP contribution in [0.5, 0.6) is 0 Å². The van der Waals surface area contributed by atoms with Gasteiger partial charge in [-0.3, -0.25) is 4.79 Å². The van der Waals surface area contributed by atoms with Crippen molar-refractivity contribution < 1.29 is 14.7 Å². The number of imidazole rings is 1. The van der Waals surface area contributed by atoms with Crippen LogP contribution in [-0.4, -0.2) is 38.3 Å². The summed E-state index contributed by atoms with van der Waals surface area (Å²) in [5.74, 6) is -0.302. The number of halogens is 1. The van der Waals surface area contributed by atoms with Crippen LogP contribution in [0.3, 0.4) is 0 Å². The first-order valence-corrected chi connectivity index (χ1v) is 12.3. The summed E-state index contributed by atoms with van der Waals surface area (Å²) in [5.41, 5.74) is 2.34. The van der Waals surface area contributed by atoms with E-state index >= 15 is 0 Å². The van der Waals surface area contributed by atoms with E-state index in [1.54, 1.807) is 18.6 Å². The average Bonchev–Trinajstić information content (AvgIpc) is 3.32. The molecule has 0 radical (unpaired) electrons. The minimum Gasteiger partial charge on any atom is -0.478 e. The first-order chi connectivity index (χ1) is 15.9. The first kappa shape index (κ1) is 25.1. The molecular formula is C25H28BrN3O3S. The number of carbonyl (C=O) groups is 2. The van der Waals surface area contributed by atoms with Crippen LogP contribution in [0.25, 0.3) is 0 Å². The normalized spacial score (nSPS) is 13.8. The zero-order chi connectivity index (χ0) is 23.8. The number of amides is 1. The fourth-order valence-electron chi connectivity index (χ4n) is 3.99. The Hall–Kier alpha value is -2.58. The highest BCUT2D eigenvalue weighted by atomic mass is 79.9. The topological polar surface area (TPSA) is 84.2 Å². The molecule has 33 heavy (non-hydrogen) atoms. The molecule has 3 rings (SSSR count). The lowest BCUT2D eigenvalue weighted by molar-refractivity contribution is -0.122. The van der Waals surface area contributed by atoms with Crippen molar-refractivity contribution in [2.45, 2.75) is 38.3 Å². The van der Waals surface area contributed by atoms with Crippen LogP contribution >= 0.6 is 28.6 Å². The predicted octanol–water partition coefficient (Wildman–Crippen LogP) is 5.01. The van der Waals surface area contributed by atoms with Gasteiger partial charge in [0.1, 0.15) is 0 Å². The lowest BCUT2D eigenvalue weighted by Crippen LogP contribution is -2.38. The lowest BCUT2D eigenvalue weighted by atomic mass is 9.90. The number of aromatic nitrogens is 2. The lowest BCUT2D eigenvalue weighted by Gasteiger charge is -2.26. The summed E-state index contributed by atoms with van der Waals surface area (Å²) in [4.78, 5) is 28.2. The Kier molecular flexibility index (Phi) is 9.14. The first-order valence-electron chi connectivity index (χ1n) is 10.8. The van der Waals surface area contributed by atoms with Crippen molar-refractivity contribution in [3.8, 4) is 0 Å². The van der Waals surface area contributed by atoms with E-state index in [2.05, 4.69) is 45.8 Å². The summed E-state index contributed by atoms with van der Waals surface area (Å²) in [6, 6.07) is 15.2. The van der Waals surface area contributed by atoms with Crippen LogP contribution in [0.1, 0.15) is 47.3 Å². The molecule has 174 valence electrons. The number of thiol groups is 1. The SMILES string of the molecule is CC(CCC(=O)N[C@@H](CS)Cc1ccccc1)C(c1ccc(C(=O)O)c(Br)c1)n1ccnc1. The van der Waals surface area contributed by atoms with Crippen LogP contribution in [0.2, 0.25) is 0 Å². The number of benzene rings is 2. The minimum absolute atomic E-state index is 0.00335. The molecule has 1 amide bonds. The van der Waals surface area contributed by atoms with E-state index in [0.29, 0.717) is 23.1 Å². The van der Waals surface area contributed by atoms with Crippen LogP contribution in [0.4, 0.5) is 0 Å². The molecule has 2 N–H and O–H groups in total. The number of nitrogens with zero attached hydrogens (tertiary/aromatic N) is 2. The maximum Gasteiger partial charge on any atom is 0.336 e. The molecule has 3 aromatic rings. The molecule has 3 atom stereocenters. The predicted molar refractivity (Wildman–Crippen MR) is 136 cm³/mol. The number of carboxylic acid groups (broad SMARTS) is 1. The molecule has 0 aliphatic carbocycles. The van der Waals surface area contributed by atoms with Crippen molar-refractivity contribution in [1.82, 2.24) is 14.9 Å². The van der Waals surface area contributed by atoms with Gasteiger partial charge >= 0.3 is 5.97 Å². The molecule has 0 saturated carbocycles. The molecule has 1 aromatic heterocycles. The number of rotatable bonds is 11. The van der Waals surface area contributed by atoms with E-state index < -0.39 is 5.97 Å². The third-order valence-corrected chi connectivity index (χ3v) is 6.78. The number of hydrogen-bond acceptors (Lipinski definition) is 4. The Balaban J connectivity index is 1.66. The second-order valence-corrected chi connectivity index (χ2v) is 9.37. The van der Waals surface area contributed by atoms with Gasteiger partial charge < -0.3 is 15.0 Å². The molecule has 0 aliphatic rings. The number of nitrogens with one attached hydrogen (secondary N) is 1. The highest BCUT2D eigenvalue weighted by Gasteiger charge is 2.24. The van der Waals surface area contributed by atoms with Crippen LogP contribution in [0.15, 0.2) is 71.7 Å². The van der Waals surface area contributed by atoms with Crippen LogP contribution < -0.4 is 5.32 Å². The van der Waals surface area contributed by atoms with Crippen molar-refractivity contribution in [2.75, 3.05) is 5.75 Å². The van der Waals surface area contributed by atoms with E-state index in [4.69, 9.17) is 0 Å². The Morgan fingerprint density at radius 2 is 1.97 bits per heavy atom. The highest BCUT2D eigenvalue weighted by Crippen LogP contribution is 2.32. The van der Waals surface area contributed by atoms with Gasteiger partial charge in [-0.1, -0.05) is 43.3 Å². The average molecular weight is 530 g/mol. The molecule has 0 saturated heterocycles. The summed E-state index contributed by atoms with van der Waals surface area (Å²) in [5, 5.41) is 12.4. The fourth-order valence-corrected chi connectivity index (χ4v) is 4.78. The van der Waals surface area contributed by atoms with Gasteiger partial charge in [-0.2, -0.15) is 12.6 Å². The minimum atomic E-state index is -0.980. The largest absolute Gasteiger partial charge is 0.478 e. The maximum atomic E-state index is 12.7. The van der Waals surface area contributed by atoms with E-state index in [-0.39, 0.29) is 29.5 Å². The standard InChI is InChI=1S/C25H28BrN3O3S/c1-17(7-10-23(30)28-20(15-33)13-18-5-3-2-4-6-18)24(29-12-11-27-16-29)19-8-9-21(25(31)32)22(26)14-19/h2-6,8-9,11-12,14,16-17,20,24,33H,7,10,13,15H2,1H3,(H,28,30)(H,31,32)/t17?,20-,24?/m1/s1. The van der Waals surface area contributed by atoms with Crippen molar-refractivity contribution in [3.63, 3.8) is 0 Å². The Morgan fingerprint density at radius 3 is 2.58 bits per heavy atom. The van der Waals surface area contributed by atoms with E-state index in [1.165, 1.54) is 5.56 Å². The van der Waals surface area contributed by atoms with Gasteiger partial charge in [0.05, 0.1) is 17.9 Å². The van der Waals surface area contributed by atoms with Gasteiger partial charge in [-0.15, -0.1) is 0 Å². The van der Waals surface area contributed by atoms with Gasteiger partial charge in [0.25, 0.3) is 0 Å². The molecule has 2 aromatic carbocycles. The summed E-state index contributed by atoms with van der Waals surface area (Å²) < 4.78 is 2.52. The zero-order valence-corrected chi connectivity index (χ0v) is 20.9. The number of carboxylic acids is 1. The molecule has 1 heterocycles. The van der Waals surface area contributed by atoms with Gasteiger partial charge in [-0.05, 0) is 57.9 Å². The van der Waals surface area contributed by atoms with E-state index in [9.17, 15) is 14.7 Å². The third-order valence-electron chi connectivity index (χ3n) is 5.69. The highest BCUT2D eigenvalue weighted by molar-refractivity contribution is 9.10.